The van der Waals surface area contributed by atoms with Crippen molar-refractivity contribution in [2.24, 2.45) is 0 Å². The molecule has 0 bridgehead atoms. The lowest BCUT2D eigenvalue weighted by atomic mass is 10.2. The molecular formula is C24H32O6. The van der Waals surface area contributed by atoms with E-state index >= 15 is 0 Å². The SMILES string of the molecule is C=CC(=O)C/C=C\COCC(COC/C=C\CC(=O)C=C)OC/C=C\CC(=O)C=C. The van der Waals surface area contributed by atoms with Crippen molar-refractivity contribution in [3.8, 4) is 0 Å². The minimum Gasteiger partial charge on any atom is -0.375 e. The third kappa shape index (κ3) is 17.4. The van der Waals surface area contributed by atoms with Crippen molar-refractivity contribution in [3.63, 3.8) is 0 Å². The van der Waals surface area contributed by atoms with Crippen LogP contribution in [0.3, 0.4) is 0 Å². The van der Waals surface area contributed by atoms with Gasteiger partial charge in [0.2, 0.25) is 0 Å². The van der Waals surface area contributed by atoms with Gasteiger partial charge in [-0.2, -0.15) is 0 Å². The summed E-state index contributed by atoms with van der Waals surface area (Å²) in [6.45, 7) is 11.9. The molecule has 0 aliphatic heterocycles. The molecule has 0 aromatic rings. The van der Waals surface area contributed by atoms with Gasteiger partial charge in [-0.1, -0.05) is 56.2 Å². The minimum atomic E-state index is -0.309. The first kappa shape index (κ1) is 27.3. The second-order valence-corrected chi connectivity index (χ2v) is 6.07. The monoisotopic (exact) mass is 416 g/mol. The Balaban J connectivity index is 4.32. The summed E-state index contributed by atoms with van der Waals surface area (Å²) in [5.74, 6) is -0.159. The second kappa shape index (κ2) is 19.6. The van der Waals surface area contributed by atoms with Gasteiger partial charge >= 0.3 is 0 Å². The smallest absolute Gasteiger partial charge is 0.158 e. The van der Waals surface area contributed by atoms with E-state index in [-0.39, 0.29) is 29.9 Å². The highest BCUT2D eigenvalue weighted by Gasteiger charge is 2.08. The van der Waals surface area contributed by atoms with Crippen LogP contribution in [0.4, 0.5) is 0 Å². The number of ketones is 3. The molecule has 0 atom stereocenters. The highest BCUT2D eigenvalue weighted by Crippen LogP contribution is 1.99. The maximum atomic E-state index is 11.2. The third-order valence-corrected chi connectivity index (χ3v) is 3.60. The van der Waals surface area contributed by atoms with Crippen molar-refractivity contribution in [1.29, 1.82) is 0 Å². The molecule has 0 fully saturated rings. The molecule has 0 unspecified atom stereocenters. The van der Waals surface area contributed by atoms with Gasteiger partial charge in [-0.25, -0.2) is 0 Å². The zero-order valence-corrected chi connectivity index (χ0v) is 17.5. The van der Waals surface area contributed by atoms with E-state index in [1.165, 1.54) is 18.2 Å². The van der Waals surface area contributed by atoms with Crippen molar-refractivity contribution >= 4 is 17.3 Å². The van der Waals surface area contributed by atoms with Gasteiger partial charge in [0, 0.05) is 19.3 Å². The summed E-state index contributed by atoms with van der Waals surface area (Å²) in [7, 11) is 0. The molecule has 30 heavy (non-hydrogen) atoms. The molecule has 0 saturated carbocycles. The first-order valence-corrected chi connectivity index (χ1v) is 9.71. The summed E-state index contributed by atoms with van der Waals surface area (Å²) < 4.78 is 16.8. The number of carbonyl (C=O) groups excluding carboxylic acids is 3. The Morgan fingerprint density at radius 3 is 1.33 bits per heavy atom. The molecule has 0 aliphatic carbocycles. The predicted molar refractivity (Wildman–Crippen MR) is 118 cm³/mol. The van der Waals surface area contributed by atoms with Crippen molar-refractivity contribution < 1.29 is 28.6 Å². The van der Waals surface area contributed by atoms with Crippen LogP contribution >= 0.6 is 0 Å². The van der Waals surface area contributed by atoms with E-state index in [9.17, 15) is 14.4 Å². The molecule has 164 valence electrons. The van der Waals surface area contributed by atoms with Crippen molar-refractivity contribution in [3.05, 3.63) is 74.4 Å². The van der Waals surface area contributed by atoms with E-state index < -0.39 is 0 Å². The molecule has 0 spiro atoms. The number of hydrogen-bond acceptors (Lipinski definition) is 6. The predicted octanol–water partition coefficient (Wildman–Crippen LogP) is 3.51. The number of hydrogen-bond donors (Lipinski definition) is 0. The fourth-order valence-electron chi connectivity index (χ4n) is 1.92. The van der Waals surface area contributed by atoms with E-state index in [1.807, 2.05) is 0 Å². The molecule has 0 rings (SSSR count). The molecule has 0 radical (unpaired) electrons. The number of rotatable bonds is 20. The summed E-state index contributed by atoms with van der Waals surface area (Å²) in [6, 6.07) is 0. The highest BCUT2D eigenvalue weighted by atomic mass is 16.6. The Kier molecular flexibility index (Phi) is 17.9. The van der Waals surface area contributed by atoms with Gasteiger partial charge in [-0.15, -0.1) is 0 Å². The standard InChI is InChI=1S/C24H32O6/c1-4-21(25)13-7-10-16-28-19-24(30-18-12-9-15-23(27)6-3)20-29-17-11-8-14-22(26)5-2/h4-12,24H,1-3,13-20H2/b10-7-,11-8-,12-9-. The highest BCUT2D eigenvalue weighted by molar-refractivity contribution is 5.90. The fourth-order valence-corrected chi connectivity index (χ4v) is 1.92. The second-order valence-electron chi connectivity index (χ2n) is 6.07. The van der Waals surface area contributed by atoms with Crippen LogP contribution in [-0.4, -0.2) is 56.5 Å². The largest absolute Gasteiger partial charge is 0.375 e. The maximum absolute atomic E-state index is 11.2. The average molecular weight is 417 g/mol. The van der Waals surface area contributed by atoms with Crippen molar-refractivity contribution in [1.82, 2.24) is 0 Å². The molecule has 0 aromatic heterocycles. The van der Waals surface area contributed by atoms with E-state index in [0.717, 1.165) is 0 Å². The van der Waals surface area contributed by atoms with Gasteiger partial charge in [0.25, 0.3) is 0 Å². The lowest BCUT2D eigenvalue weighted by Gasteiger charge is -2.16. The quantitative estimate of drug-likeness (QED) is 0.172. The molecule has 6 heteroatoms. The third-order valence-electron chi connectivity index (χ3n) is 3.60. The van der Waals surface area contributed by atoms with E-state index in [0.29, 0.717) is 45.9 Å². The fraction of sp³-hybridized carbons (Fsp3) is 0.375. The molecule has 0 aromatic carbocycles. The van der Waals surface area contributed by atoms with E-state index in [2.05, 4.69) is 19.7 Å². The molecule has 6 nitrogen and oxygen atoms in total. The lowest BCUT2D eigenvalue weighted by molar-refractivity contribution is -0.114. The molecule has 0 N–H and O–H groups in total. The van der Waals surface area contributed by atoms with Gasteiger partial charge in [-0.05, 0) is 18.2 Å². The molecule has 0 aliphatic rings. The van der Waals surface area contributed by atoms with E-state index in [1.54, 1.807) is 36.5 Å². The maximum Gasteiger partial charge on any atom is 0.158 e. The topological polar surface area (TPSA) is 78.9 Å². The van der Waals surface area contributed by atoms with Crippen molar-refractivity contribution in [2.45, 2.75) is 25.4 Å². The van der Waals surface area contributed by atoms with E-state index in [4.69, 9.17) is 14.2 Å². The van der Waals surface area contributed by atoms with Crippen LogP contribution in [-0.2, 0) is 28.6 Å². The van der Waals surface area contributed by atoms with Gasteiger partial charge < -0.3 is 14.2 Å². The Labute approximate surface area is 179 Å². The van der Waals surface area contributed by atoms with Gasteiger partial charge in [0.05, 0.1) is 33.0 Å². The first-order valence-electron chi connectivity index (χ1n) is 9.71. The normalized spacial score (nSPS) is 11.5. The Morgan fingerprint density at radius 1 is 0.600 bits per heavy atom. The zero-order chi connectivity index (χ0) is 22.5. The van der Waals surface area contributed by atoms with Crippen LogP contribution in [0.5, 0.6) is 0 Å². The van der Waals surface area contributed by atoms with Crippen LogP contribution in [0.2, 0.25) is 0 Å². The van der Waals surface area contributed by atoms with Gasteiger partial charge in [0.15, 0.2) is 17.3 Å². The Morgan fingerprint density at radius 2 is 0.967 bits per heavy atom. The number of ether oxygens (including phenoxy) is 3. The number of allylic oxidation sites excluding steroid dienone is 6. The average Bonchev–Trinajstić information content (AvgIpc) is 2.76. The van der Waals surface area contributed by atoms with Crippen LogP contribution in [0, 0.1) is 0 Å². The Hall–Kier alpha value is -2.67. The molecule has 0 saturated heterocycles. The molecule has 0 heterocycles. The van der Waals surface area contributed by atoms with Crippen LogP contribution in [0.1, 0.15) is 19.3 Å². The Bertz CT molecular complexity index is 604. The van der Waals surface area contributed by atoms with Crippen LogP contribution < -0.4 is 0 Å². The molecular weight excluding hydrogens is 384 g/mol. The van der Waals surface area contributed by atoms with Crippen LogP contribution in [0.15, 0.2) is 74.4 Å². The summed E-state index contributed by atoms with van der Waals surface area (Å²) in [5, 5.41) is 0. The van der Waals surface area contributed by atoms with Gasteiger partial charge in [-0.3, -0.25) is 14.4 Å². The number of carbonyl (C=O) groups is 3. The van der Waals surface area contributed by atoms with Gasteiger partial charge in [0.1, 0.15) is 6.10 Å². The summed E-state index contributed by atoms with van der Waals surface area (Å²) in [5.41, 5.74) is 0. The minimum absolute atomic E-state index is 0.0505. The molecule has 0 amide bonds. The van der Waals surface area contributed by atoms with Crippen LogP contribution in [0.25, 0.3) is 0 Å². The van der Waals surface area contributed by atoms with Crippen molar-refractivity contribution in [2.75, 3.05) is 33.0 Å². The summed E-state index contributed by atoms with van der Waals surface area (Å²) in [6.07, 6.45) is 14.9. The zero-order valence-electron chi connectivity index (χ0n) is 17.5. The lowest BCUT2D eigenvalue weighted by Crippen LogP contribution is -2.26. The summed E-state index contributed by atoms with van der Waals surface area (Å²) >= 11 is 0. The summed E-state index contributed by atoms with van der Waals surface area (Å²) in [4.78, 5) is 33.4. The first-order chi connectivity index (χ1) is 14.5.